The molecule has 0 spiro atoms. The van der Waals surface area contributed by atoms with Crippen LogP contribution in [0.15, 0.2) is 169 Å². The maximum absolute atomic E-state index is 9.33. The zero-order chi connectivity index (χ0) is 42.8. The summed E-state index contributed by atoms with van der Waals surface area (Å²) in [5.74, 6) is 0.589. The van der Waals surface area contributed by atoms with Crippen LogP contribution in [0.3, 0.4) is 0 Å². The molecule has 9 rings (SSSR count). The number of hydrogen-bond acceptors (Lipinski definition) is 1. The first-order valence-electron chi connectivity index (χ1n) is 21.7. The van der Waals surface area contributed by atoms with E-state index in [4.69, 9.17) is 18.7 Å². The van der Waals surface area contributed by atoms with Gasteiger partial charge in [-0.15, -0.1) is 0 Å². The number of aromatic nitrogens is 2. The molecule has 45 heavy (non-hydrogen) atoms. The molecule has 0 saturated heterocycles. The molecular weight excluding hydrogens is 544 g/mol. The lowest BCUT2D eigenvalue weighted by atomic mass is 9.84. The number of rotatable bonds is 4. The maximum atomic E-state index is 9.33. The zero-order valence-corrected chi connectivity index (χ0v) is 23.4. The summed E-state index contributed by atoms with van der Waals surface area (Å²) in [4.78, 5) is 4.93. The molecule has 0 bridgehead atoms. The second-order valence-corrected chi connectivity index (χ2v) is 10.4. The summed E-state index contributed by atoms with van der Waals surface area (Å²) in [5.41, 5.74) is 2.62. The highest BCUT2D eigenvalue weighted by Crippen LogP contribution is 2.45. The molecule has 9 aromatic rings. The Balaban J connectivity index is 1.47. The summed E-state index contributed by atoms with van der Waals surface area (Å²) in [6, 6.07) is 13.9. The van der Waals surface area contributed by atoms with Crippen molar-refractivity contribution in [3.8, 4) is 39.3 Å². The van der Waals surface area contributed by atoms with Gasteiger partial charge < -0.3 is 0 Å². The van der Waals surface area contributed by atoms with Crippen LogP contribution in [0.1, 0.15) is 20.6 Å². The molecule has 8 aromatic carbocycles. The van der Waals surface area contributed by atoms with Crippen molar-refractivity contribution in [3.63, 3.8) is 0 Å². The molecule has 1 heterocycles. The van der Waals surface area contributed by atoms with Crippen LogP contribution < -0.4 is 0 Å². The third kappa shape index (κ3) is 4.07. The van der Waals surface area contributed by atoms with Gasteiger partial charge in [-0.25, -0.2) is 4.98 Å². The minimum atomic E-state index is -0.758. The fourth-order valence-corrected chi connectivity index (χ4v) is 6.01. The molecule has 0 radical (unpaired) electrons. The molecule has 0 unspecified atom stereocenters. The normalized spacial score (nSPS) is 16.2. The fourth-order valence-electron chi connectivity index (χ4n) is 6.01. The number of nitrogens with zero attached hydrogens (tertiary/aromatic N) is 2. The summed E-state index contributed by atoms with van der Waals surface area (Å²) in [6.45, 7) is 0. The lowest BCUT2D eigenvalue weighted by molar-refractivity contribution is 1.10. The van der Waals surface area contributed by atoms with E-state index in [1.54, 1.807) is 24.3 Å². The van der Waals surface area contributed by atoms with Gasteiger partial charge in [-0.3, -0.25) is 4.57 Å². The van der Waals surface area contributed by atoms with Gasteiger partial charge in [0, 0.05) is 11.3 Å². The van der Waals surface area contributed by atoms with Crippen molar-refractivity contribution in [2.75, 3.05) is 0 Å². The van der Waals surface area contributed by atoms with E-state index in [0.29, 0.717) is 17.0 Å². The highest BCUT2D eigenvalue weighted by Gasteiger charge is 2.19. The van der Waals surface area contributed by atoms with Crippen LogP contribution in [0, 0.1) is 0 Å². The summed E-state index contributed by atoms with van der Waals surface area (Å²) < 4.78 is 136. The smallest absolute Gasteiger partial charge is 0.145 e. The quantitative estimate of drug-likeness (QED) is 0.187. The van der Waals surface area contributed by atoms with Gasteiger partial charge in [0.1, 0.15) is 5.82 Å². The number of hydrogen-bond donors (Lipinski definition) is 0. The Kier molecular flexibility index (Phi) is 3.36. The van der Waals surface area contributed by atoms with Gasteiger partial charge in [0.25, 0.3) is 0 Å². The Hall–Kier alpha value is -5.99. The first kappa shape index (κ1) is 14.7. The van der Waals surface area contributed by atoms with Crippen molar-refractivity contribution in [3.05, 3.63) is 169 Å². The van der Waals surface area contributed by atoms with Crippen LogP contribution in [-0.4, -0.2) is 9.55 Å². The van der Waals surface area contributed by atoms with E-state index in [1.165, 1.54) is 0 Å². The molecule has 0 saturated carbocycles. The molecule has 0 aliphatic heterocycles. The van der Waals surface area contributed by atoms with Gasteiger partial charge in [-0.1, -0.05) is 145 Å². The number of benzene rings is 8. The van der Waals surface area contributed by atoms with Crippen molar-refractivity contribution >= 4 is 43.4 Å². The Labute approximate surface area is 282 Å². The molecule has 210 valence electrons. The SMILES string of the molecule is [2H]c1c([2H])c([2H])c2c(-c3c4c([2H])c([2H])c([2H])c([2H])c4c(-c4ccc(-c5nc6ccccc6n5-c5ccccc5)cc4)c4c([2H])c([2H])c([2H])c([2H])c34)c([2H])c([2H])c([2H])c2c1[2H]. The van der Waals surface area contributed by atoms with Crippen LogP contribution in [-0.2, 0) is 0 Å². The summed E-state index contributed by atoms with van der Waals surface area (Å²) in [7, 11) is 0. The number of para-hydroxylation sites is 3. The lowest BCUT2D eigenvalue weighted by Crippen LogP contribution is -1.97. The largest absolute Gasteiger partial charge is 0.292 e. The fraction of sp³-hybridized carbons (Fsp3) is 0. The zero-order valence-electron chi connectivity index (χ0n) is 38.4. The van der Waals surface area contributed by atoms with Gasteiger partial charge >= 0.3 is 0 Å². The van der Waals surface area contributed by atoms with Crippen LogP contribution in [0.4, 0.5) is 0 Å². The average Bonchev–Trinajstić information content (AvgIpc) is 3.65. The Morgan fingerprint density at radius 3 is 1.73 bits per heavy atom. The second-order valence-electron chi connectivity index (χ2n) is 10.4. The van der Waals surface area contributed by atoms with E-state index >= 15 is 0 Å². The molecular formula is C43H28N2. The first-order chi connectivity index (χ1) is 28.6. The van der Waals surface area contributed by atoms with Crippen LogP contribution in [0.5, 0.6) is 0 Å². The standard InChI is InChI=1S/C43H28N2/c1-2-15-32(16-3-1)45-40-24-11-10-23-39(40)44-43(45)31-27-25-30(26-28-31)41-35-18-6-8-20-37(35)42(38-21-9-7-19-36(38)41)34-22-12-14-29-13-4-5-17-33(29)34/h1-28H/i4D,5D,6D,7D,8D,9D,12D,13D,14D,17D,18D,19D,20D,21D,22D. The minimum absolute atomic E-state index is 0.0202. The van der Waals surface area contributed by atoms with Crippen molar-refractivity contribution < 1.29 is 20.6 Å². The van der Waals surface area contributed by atoms with E-state index in [-0.39, 0.29) is 32.7 Å². The van der Waals surface area contributed by atoms with E-state index in [1.807, 2.05) is 59.2 Å². The van der Waals surface area contributed by atoms with Gasteiger partial charge in [0.15, 0.2) is 0 Å². The summed E-state index contributed by atoms with van der Waals surface area (Å²) >= 11 is 0. The first-order valence-corrected chi connectivity index (χ1v) is 14.2. The minimum Gasteiger partial charge on any atom is -0.292 e. The summed E-state index contributed by atoms with van der Waals surface area (Å²) in [6.07, 6.45) is 0. The Morgan fingerprint density at radius 1 is 0.467 bits per heavy atom. The molecule has 0 atom stereocenters. The predicted octanol–water partition coefficient (Wildman–Crippen LogP) is 11.5. The molecule has 0 N–H and O–H groups in total. The molecule has 2 nitrogen and oxygen atoms in total. The van der Waals surface area contributed by atoms with Crippen LogP contribution in [0.2, 0.25) is 0 Å². The highest BCUT2D eigenvalue weighted by atomic mass is 15.1. The molecule has 1 aromatic heterocycles. The predicted molar refractivity (Wildman–Crippen MR) is 190 cm³/mol. The summed E-state index contributed by atoms with van der Waals surface area (Å²) in [5, 5.41) is -1.82. The van der Waals surface area contributed by atoms with Crippen molar-refractivity contribution in [2.24, 2.45) is 0 Å². The van der Waals surface area contributed by atoms with Gasteiger partial charge in [0.2, 0.25) is 0 Å². The molecule has 0 aliphatic rings. The van der Waals surface area contributed by atoms with E-state index < -0.39 is 107 Å². The average molecular weight is 588 g/mol. The topological polar surface area (TPSA) is 17.8 Å². The van der Waals surface area contributed by atoms with Crippen molar-refractivity contribution in [2.45, 2.75) is 0 Å². The number of fused-ring (bicyclic) bond motifs is 4. The lowest BCUT2D eigenvalue weighted by Gasteiger charge is -2.19. The van der Waals surface area contributed by atoms with E-state index in [9.17, 15) is 6.85 Å². The third-order valence-electron chi connectivity index (χ3n) is 7.94. The van der Waals surface area contributed by atoms with Crippen LogP contribution in [0.25, 0.3) is 82.7 Å². The molecule has 0 fully saturated rings. The second kappa shape index (κ2) is 10.3. The van der Waals surface area contributed by atoms with Crippen molar-refractivity contribution in [1.29, 1.82) is 0 Å². The van der Waals surface area contributed by atoms with Crippen LogP contribution >= 0.6 is 0 Å². The maximum Gasteiger partial charge on any atom is 0.145 e. The van der Waals surface area contributed by atoms with E-state index in [0.717, 1.165) is 16.7 Å². The third-order valence-corrected chi connectivity index (χ3v) is 7.94. The van der Waals surface area contributed by atoms with Crippen molar-refractivity contribution in [1.82, 2.24) is 9.55 Å². The van der Waals surface area contributed by atoms with E-state index in [2.05, 4.69) is 0 Å². The molecule has 0 aliphatic carbocycles. The highest BCUT2D eigenvalue weighted by molar-refractivity contribution is 6.23. The Morgan fingerprint density at radius 2 is 1.02 bits per heavy atom. The van der Waals surface area contributed by atoms with Gasteiger partial charge in [-0.05, 0) is 78.8 Å². The monoisotopic (exact) mass is 587 g/mol. The van der Waals surface area contributed by atoms with Gasteiger partial charge in [0.05, 0.1) is 31.6 Å². The van der Waals surface area contributed by atoms with Gasteiger partial charge in [-0.2, -0.15) is 0 Å². The molecule has 0 amide bonds. The molecule has 2 heteroatoms. The number of imidazole rings is 1. The Bertz CT molecular complexity index is 3270.